The number of aliphatic imine (C=N–C) groups is 1. The second kappa shape index (κ2) is 8.10. The summed E-state index contributed by atoms with van der Waals surface area (Å²) in [5, 5.41) is 3.32. The van der Waals surface area contributed by atoms with Crippen molar-refractivity contribution < 1.29 is 13.2 Å². The Hall–Kier alpha value is -1.39. The van der Waals surface area contributed by atoms with Crippen molar-refractivity contribution in [2.24, 2.45) is 10.7 Å². The van der Waals surface area contributed by atoms with Gasteiger partial charge in [-0.05, 0) is 26.7 Å². The predicted octanol–water partition coefficient (Wildman–Crippen LogP) is -1.13. The smallest absolute Gasteiger partial charge is 0.237 e. The molecule has 1 amide bonds. The third-order valence-electron chi connectivity index (χ3n) is 5.43. The topological polar surface area (TPSA) is 111 Å². The number of nitrogens with one attached hydrogen (secondary N) is 1. The van der Waals surface area contributed by atoms with Gasteiger partial charge in [0.2, 0.25) is 15.9 Å². The molecule has 0 saturated carbocycles. The lowest BCUT2D eigenvalue weighted by Gasteiger charge is -2.43. The fourth-order valence-corrected chi connectivity index (χ4v) is 4.81. The van der Waals surface area contributed by atoms with Crippen LogP contribution in [-0.2, 0) is 14.8 Å². The van der Waals surface area contributed by atoms with E-state index in [0.717, 1.165) is 45.0 Å². The van der Waals surface area contributed by atoms with E-state index >= 15 is 0 Å². The number of carbonyl (C=O) groups excluding carboxylic acids is 1. The summed E-state index contributed by atoms with van der Waals surface area (Å²) < 4.78 is 25.3. The molecule has 2 aliphatic heterocycles. The molecule has 9 nitrogen and oxygen atoms in total. The largest absolute Gasteiger partial charge is 0.368 e. The molecule has 2 rings (SSSR count). The van der Waals surface area contributed by atoms with Crippen molar-refractivity contribution in [3.8, 4) is 0 Å². The standard InChI is InChI=1S/C16H32N6O3S/c1-16(2,14(17)23)21-10-8-20(9-11-21)15(18-3)19-12-13-6-5-7-22(13)26(4,24)25/h13H,5-12H2,1-4H3,(H2,17,23)(H,18,19)/t13-/m1/s1. The molecule has 0 bridgehead atoms. The van der Waals surface area contributed by atoms with Crippen molar-refractivity contribution >= 4 is 21.9 Å². The molecule has 150 valence electrons. The molecule has 0 aromatic rings. The minimum absolute atomic E-state index is 0.0307. The second-order valence-corrected chi connectivity index (χ2v) is 9.43. The summed E-state index contributed by atoms with van der Waals surface area (Å²) in [6, 6.07) is -0.0307. The number of guanidine groups is 1. The van der Waals surface area contributed by atoms with Crippen LogP contribution in [0.25, 0.3) is 0 Å². The van der Waals surface area contributed by atoms with Gasteiger partial charge in [-0.2, -0.15) is 4.31 Å². The highest BCUT2D eigenvalue weighted by Gasteiger charge is 2.36. The molecule has 3 N–H and O–H groups in total. The van der Waals surface area contributed by atoms with Gasteiger partial charge in [0.1, 0.15) is 0 Å². The van der Waals surface area contributed by atoms with Crippen molar-refractivity contribution in [3.63, 3.8) is 0 Å². The number of rotatable bonds is 5. The predicted molar refractivity (Wildman–Crippen MR) is 102 cm³/mol. The molecule has 2 saturated heterocycles. The Morgan fingerprint density at radius 1 is 1.23 bits per heavy atom. The van der Waals surface area contributed by atoms with Gasteiger partial charge in [-0.15, -0.1) is 0 Å². The zero-order valence-corrected chi connectivity index (χ0v) is 17.0. The van der Waals surface area contributed by atoms with Gasteiger partial charge in [-0.1, -0.05) is 0 Å². The van der Waals surface area contributed by atoms with Crippen molar-refractivity contribution in [3.05, 3.63) is 0 Å². The summed E-state index contributed by atoms with van der Waals surface area (Å²) in [5.41, 5.74) is 4.84. The molecule has 26 heavy (non-hydrogen) atoms. The second-order valence-electron chi connectivity index (χ2n) is 7.50. The normalized spacial score (nSPS) is 24.1. The molecule has 2 heterocycles. The van der Waals surface area contributed by atoms with E-state index in [2.05, 4.69) is 20.1 Å². The van der Waals surface area contributed by atoms with Gasteiger partial charge in [0.15, 0.2) is 5.96 Å². The Morgan fingerprint density at radius 2 is 1.85 bits per heavy atom. The number of piperazine rings is 1. The first-order valence-electron chi connectivity index (χ1n) is 9.04. The number of nitrogens with zero attached hydrogens (tertiary/aromatic N) is 4. The maximum absolute atomic E-state index is 11.9. The van der Waals surface area contributed by atoms with Crippen molar-refractivity contribution in [1.29, 1.82) is 0 Å². The molecule has 0 aromatic carbocycles. The first-order valence-corrected chi connectivity index (χ1v) is 10.9. The van der Waals surface area contributed by atoms with Crippen molar-refractivity contribution in [2.45, 2.75) is 38.3 Å². The first kappa shape index (κ1) is 20.9. The van der Waals surface area contributed by atoms with Gasteiger partial charge in [0.05, 0.1) is 11.8 Å². The average molecular weight is 389 g/mol. The first-order chi connectivity index (χ1) is 12.1. The summed E-state index contributed by atoms with van der Waals surface area (Å²) in [4.78, 5) is 20.2. The Labute approximate surface area is 156 Å². The summed E-state index contributed by atoms with van der Waals surface area (Å²) in [7, 11) is -1.45. The van der Waals surface area contributed by atoms with E-state index in [9.17, 15) is 13.2 Å². The van der Waals surface area contributed by atoms with Gasteiger partial charge < -0.3 is 16.0 Å². The lowest BCUT2D eigenvalue weighted by Crippen LogP contribution is -2.61. The molecule has 0 radical (unpaired) electrons. The van der Waals surface area contributed by atoms with Crippen LogP contribution in [0.2, 0.25) is 0 Å². The monoisotopic (exact) mass is 388 g/mol. The maximum atomic E-state index is 11.9. The number of hydrogen-bond acceptors (Lipinski definition) is 5. The third-order valence-corrected chi connectivity index (χ3v) is 6.76. The van der Waals surface area contributed by atoms with Crippen LogP contribution >= 0.6 is 0 Å². The van der Waals surface area contributed by atoms with E-state index in [1.807, 2.05) is 13.8 Å². The molecular weight excluding hydrogens is 356 g/mol. The number of sulfonamides is 1. The van der Waals surface area contributed by atoms with Crippen LogP contribution in [0.15, 0.2) is 4.99 Å². The zero-order chi connectivity index (χ0) is 19.5. The minimum atomic E-state index is -3.17. The number of carbonyl (C=O) groups is 1. The van der Waals surface area contributed by atoms with Crippen molar-refractivity contribution in [2.75, 3.05) is 52.6 Å². The highest BCUT2D eigenvalue weighted by atomic mass is 32.2. The third kappa shape index (κ3) is 4.66. The van der Waals surface area contributed by atoms with Crippen LogP contribution in [0.4, 0.5) is 0 Å². The number of nitrogens with two attached hydrogens (primary N) is 1. The van der Waals surface area contributed by atoms with Crippen LogP contribution in [0.5, 0.6) is 0 Å². The summed E-state index contributed by atoms with van der Waals surface area (Å²) in [5.74, 6) is 0.442. The lowest BCUT2D eigenvalue weighted by atomic mass is 10.0. The Bertz CT molecular complexity index is 640. The fraction of sp³-hybridized carbons (Fsp3) is 0.875. The van der Waals surface area contributed by atoms with E-state index in [1.165, 1.54) is 6.26 Å². The molecular formula is C16H32N6O3S. The SMILES string of the molecule is CN=C(NC[C@H]1CCCN1S(C)(=O)=O)N1CCN(C(C)(C)C(N)=O)CC1. The molecule has 0 spiro atoms. The van der Waals surface area contributed by atoms with Crippen molar-refractivity contribution in [1.82, 2.24) is 19.4 Å². The Balaban J connectivity index is 1.90. The van der Waals surface area contributed by atoms with Gasteiger partial charge in [-0.3, -0.25) is 14.7 Å². The van der Waals surface area contributed by atoms with Gasteiger partial charge in [0.25, 0.3) is 0 Å². The van der Waals surface area contributed by atoms with E-state index < -0.39 is 15.6 Å². The number of amides is 1. The van der Waals surface area contributed by atoms with Gasteiger partial charge >= 0.3 is 0 Å². The quantitative estimate of drug-likeness (QED) is 0.455. The molecule has 2 aliphatic rings. The molecule has 2 fully saturated rings. The van der Waals surface area contributed by atoms with E-state index in [0.29, 0.717) is 13.1 Å². The van der Waals surface area contributed by atoms with Gasteiger partial charge in [0, 0.05) is 52.4 Å². The van der Waals surface area contributed by atoms with E-state index in [-0.39, 0.29) is 11.9 Å². The molecule has 0 aromatic heterocycles. The maximum Gasteiger partial charge on any atom is 0.237 e. The van der Waals surface area contributed by atoms with E-state index in [4.69, 9.17) is 5.73 Å². The lowest BCUT2D eigenvalue weighted by molar-refractivity contribution is -0.129. The summed E-state index contributed by atoms with van der Waals surface area (Å²) in [6.45, 7) is 7.73. The highest BCUT2D eigenvalue weighted by Crippen LogP contribution is 2.20. The van der Waals surface area contributed by atoms with Crippen LogP contribution in [-0.4, -0.2) is 98.5 Å². The van der Waals surface area contributed by atoms with Gasteiger partial charge in [-0.25, -0.2) is 8.42 Å². The molecule has 0 aliphatic carbocycles. The summed E-state index contributed by atoms with van der Waals surface area (Å²) >= 11 is 0. The van der Waals surface area contributed by atoms with E-state index in [1.54, 1.807) is 11.4 Å². The molecule has 1 atom stereocenters. The Kier molecular flexibility index (Phi) is 6.51. The molecule has 10 heteroatoms. The number of primary amides is 1. The molecule has 0 unspecified atom stereocenters. The minimum Gasteiger partial charge on any atom is -0.368 e. The van der Waals surface area contributed by atoms with Crippen LogP contribution in [0.3, 0.4) is 0 Å². The fourth-order valence-electron chi connectivity index (χ4n) is 3.62. The number of hydrogen-bond donors (Lipinski definition) is 2. The van der Waals surface area contributed by atoms with Crippen LogP contribution in [0, 0.1) is 0 Å². The van der Waals surface area contributed by atoms with Crippen LogP contribution in [0.1, 0.15) is 26.7 Å². The average Bonchev–Trinajstić information content (AvgIpc) is 3.04. The zero-order valence-electron chi connectivity index (χ0n) is 16.2. The highest BCUT2D eigenvalue weighted by molar-refractivity contribution is 7.88. The Morgan fingerprint density at radius 3 is 2.35 bits per heavy atom. The van der Waals surface area contributed by atoms with Crippen LogP contribution < -0.4 is 11.1 Å². The summed E-state index contributed by atoms with van der Waals surface area (Å²) in [6.07, 6.45) is 3.01.